The minimum absolute atomic E-state index is 0.186. The highest BCUT2D eigenvalue weighted by atomic mass is 35.5. The molecular formula is C19H15ClN2O3. The summed E-state index contributed by atoms with van der Waals surface area (Å²) in [6, 6.07) is 12.7. The third-order valence-corrected chi connectivity index (χ3v) is 5.04. The van der Waals surface area contributed by atoms with E-state index in [2.05, 4.69) is 6.07 Å². The Morgan fingerprint density at radius 1 is 1.00 bits per heavy atom. The third kappa shape index (κ3) is 2.61. The number of rotatable bonds is 2. The van der Waals surface area contributed by atoms with Gasteiger partial charge in [0.15, 0.2) is 0 Å². The van der Waals surface area contributed by atoms with Gasteiger partial charge in [-0.2, -0.15) is 0 Å². The summed E-state index contributed by atoms with van der Waals surface area (Å²) in [6.07, 6.45) is 0.774. The van der Waals surface area contributed by atoms with E-state index >= 15 is 0 Å². The Morgan fingerprint density at radius 2 is 1.76 bits per heavy atom. The number of hydrogen-bond acceptors (Lipinski definition) is 3. The van der Waals surface area contributed by atoms with E-state index in [1.807, 2.05) is 18.2 Å². The van der Waals surface area contributed by atoms with E-state index in [4.69, 9.17) is 11.6 Å². The molecular weight excluding hydrogens is 340 g/mol. The van der Waals surface area contributed by atoms with Gasteiger partial charge in [0.2, 0.25) is 5.91 Å². The van der Waals surface area contributed by atoms with Crippen molar-refractivity contribution in [3.63, 3.8) is 0 Å². The Morgan fingerprint density at radius 3 is 2.52 bits per heavy atom. The molecule has 0 spiro atoms. The second-order valence-corrected chi connectivity index (χ2v) is 6.60. The Kier molecular flexibility index (Phi) is 3.81. The van der Waals surface area contributed by atoms with E-state index in [9.17, 15) is 14.4 Å². The Balaban J connectivity index is 1.52. The van der Waals surface area contributed by atoms with Crippen LogP contribution >= 0.6 is 11.6 Å². The molecule has 0 saturated carbocycles. The summed E-state index contributed by atoms with van der Waals surface area (Å²) < 4.78 is 0. The number of benzene rings is 2. The number of imide groups is 1. The topological polar surface area (TPSA) is 57.7 Å². The van der Waals surface area contributed by atoms with Gasteiger partial charge in [-0.3, -0.25) is 19.3 Å². The highest BCUT2D eigenvalue weighted by Gasteiger charge is 2.39. The second-order valence-electron chi connectivity index (χ2n) is 6.19. The number of halogens is 1. The van der Waals surface area contributed by atoms with Gasteiger partial charge in [0, 0.05) is 13.1 Å². The van der Waals surface area contributed by atoms with Gasteiger partial charge in [-0.1, -0.05) is 41.9 Å². The Hall–Kier alpha value is -2.66. The molecule has 0 aromatic heterocycles. The fourth-order valence-electron chi connectivity index (χ4n) is 3.38. The zero-order valence-corrected chi connectivity index (χ0v) is 14.1. The van der Waals surface area contributed by atoms with Gasteiger partial charge >= 0.3 is 0 Å². The van der Waals surface area contributed by atoms with Gasteiger partial charge in [-0.05, 0) is 29.7 Å². The maximum absolute atomic E-state index is 12.6. The fraction of sp³-hybridized carbons (Fsp3) is 0.211. The van der Waals surface area contributed by atoms with Gasteiger partial charge in [0.1, 0.15) is 6.54 Å². The minimum atomic E-state index is -0.503. The predicted molar refractivity (Wildman–Crippen MR) is 92.4 cm³/mol. The molecule has 126 valence electrons. The standard InChI is InChI=1S/C19H15ClN2O3/c20-15-7-3-6-14-17(15)19(25)22(18(14)24)11-16(23)21-9-8-12-4-1-2-5-13(12)10-21/h1-7H,8-11H2. The van der Waals surface area contributed by atoms with E-state index in [1.165, 1.54) is 5.56 Å². The summed E-state index contributed by atoms with van der Waals surface area (Å²) in [5, 5.41) is 0.234. The molecule has 2 aromatic carbocycles. The number of carbonyl (C=O) groups excluding carboxylic acids is 3. The lowest BCUT2D eigenvalue weighted by Crippen LogP contribution is -2.44. The molecule has 0 unspecified atom stereocenters. The normalized spacial score (nSPS) is 16.0. The number of hydrogen-bond donors (Lipinski definition) is 0. The Bertz CT molecular complexity index is 909. The lowest BCUT2D eigenvalue weighted by molar-refractivity contribution is -0.132. The molecule has 0 radical (unpaired) electrons. The highest BCUT2D eigenvalue weighted by Crippen LogP contribution is 2.29. The monoisotopic (exact) mass is 354 g/mol. The molecule has 5 nitrogen and oxygen atoms in total. The number of carbonyl (C=O) groups is 3. The first-order valence-corrected chi connectivity index (χ1v) is 8.43. The van der Waals surface area contributed by atoms with Crippen molar-refractivity contribution in [3.8, 4) is 0 Å². The molecule has 2 aliphatic heterocycles. The first kappa shape index (κ1) is 15.8. The van der Waals surface area contributed by atoms with Crippen LogP contribution in [0.25, 0.3) is 0 Å². The van der Waals surface area contributed by atoms with Crippen LogP contribution < -0.4 is 0 Å². The van der Waals surface area contributed by atoms with Gasteiger partial charge in [0.25, 0.3) is 11.8 Å². The minimum Gasteiger partial charge on any atom is -0.336 e. The summed E-state index contributed by atoms with van der Waals surface area (Å²) in [4.78, 5) is 40.3. The van der Waals surface area contributed by atoms with Crippen molar-refractivity contribution in [2.45, 2.75) is 13.0 Å². The number of fused-ring (bicyclic) bond motifs is 2. The van der Waals surface area contributed by atoms with Crippen LogP contribution in [0.4, 0.5) is 0 Å². The van der Waals surface area contributed by atoms with Crippen LogP contribution in [-0.2, 0) is 17.8 Å². The number of amides is 3. The molecule has 2 aliphatic rings. The summed E-state index contributed by atoms with van der Waals surface area (Å²) >= 11 is 6.04. The first-order valence-electron chi connectivity index (χ1n) is 8.05. The van der Waals surface area contributed by atoms with Gasteiger partial charge < -0.3 is 4.90 Å². The highest BCUT2D eigenvalue weighted by molar-refractivity contribution is 6.37. The van der Waals surface area contributed by atoms with Crippen LogP contribution in [0.15, 0.2) is 42.5 Å². The van der Waals surface area contributed by atoms with Crippen LogP contribution in [0.1, 0.15) is 31.8 Å². The van der Waals surface area contributed by atoms with E-state index < -0.39 is 11.8 Å². The van der Waals surface area contributed by atoms with E-state index in [1.54, 1.807) is 23.1 Å². The first-order chi connectivity index (χ1) is 12.1. The average Bonchev–Trinajstić information content (AvgIpc) is 2.87. The van der Waals surface area contributed by atoms with E-state index in [-0.39, 0.29) is 28.6 Å². The summed E-state index contributed by atoms with van der Waals surface area (Å²) in [7, 11) is 0. The molecule has 0 fully saturated rings. The van der Waals surface area contributed by atoms with E-state index in [0.717, 1.165) is 16.9 Å². The van der Waals surface area contributed by atoms with Crippen molar-refractivity contribution >= 4 is 29.3 Å². The molecule has 6 heteroatoms. The summed E-state index contributed by atoms with van der Waals surface area (Å²) in [5.74, 6) is -1.20. The van der Waals surface area contributed by atoms with Gasteiger partial charge in [0.05, 0.1) is 16.1 Å². The second kappa shape index (κ2) is 6.01. The zero-order chi connectivity index (χ0) is 17.6. The molecule has 0 saturated heterocycles. The smallest absolute Gasteiger partial charge is 0.263 e. The average molecular weight is 355 g/mol. The largest absolute Gasteiger partial charge is 0.336 e. The van der Waals surface area contributed by atoms with Crippen LogP contribution in [0.5, 0.6) is 0 Å². The van der Waals surface area contributed by atoms with Crippen molar-refractivity contribution in [3.05, 3.63) is 69.7 Å². The molecule has 0 aliphatic carbocycles. The summed E-state index contributed by atoms with van der Waals surface area (Å²) in [6.45, 7) is 0.823. The van der Waals surface area contributed by atoms with Crippen LogP contribution in [0.3, 0.4) is 0 Å². The molecule has 2 aromatic rings. The van der Waals surface area contributed by atoms with Gasteiger partial charge in [-0.15, -0.1) is 0 Å². The maximum Gasteiger partial charge on any atom is 0.263 e. The van der Waals surface area contributed by atoms with Crippen molar-refractivity contribution < 1.29 is 14.4 Å². The summed E-state index contributed by atoms with van der Waals surface area (Å²) in [5.41, 5.74) is 2.78. The zero-order valence-electron chi connectivity index (χ0n) is 13.4. The van der Waals surface area contributed by atoms with Crippen LogP contribution in [0, 0.1) is 0 Å². The molecule has 0 atom stereocenters. The van der Waals surface area contributed by atoms with Gasteiger partial charge in [-0.25, -0.2) is 0 Å². The quantitative estimate of drug-likeness (QED) is 0.779. The maximum atomic E-state index is 12.6. The van der Waals surface area contributed by atoms with Crippen molar-refractivity contribution in [1.82, 2.24) is 9.80 Å². The molecule has 3 amide bonds. The lowest BCUT2D eigenvalue weighted by atomic mass is 10.00. The number of nitrogens with zero attached hydrogens (tertiary/aromatic N) is 2. The fourth-order valence-corrected chi connectivity index (χ4v) is 3.64. The van der Waals surface area contributed by atoms with Crippen LogP contribution in [0.2, 0.25) is 5.02 Å². The molecule has 0 N–H and O–H groups in total. The predicted octanol–water partition coefficient (Wildman–Crippen LogP) is 2.52. The van der Waals surface area contributed by atoms with Crippen LogP contribution in [-0.4, -0.2) is 40.6 Å². The Labute approximate surface area is 149 Å². The molecule has 25 heavy (non-hydrogen) atoms. The molecule has 2 heterocycles. The lowest BCUT2D eigenvalue weighted by Gasteiger charge is -2.30. The SMILES string of the molecule is O=C(CN1C(=O)c2cccc(Cl)c2C1=O)N1CCc2ccccc2C1. The van der Waals surface area contributed by atoms with E-state index in [0.29, 0.717) is 13.1 Å². The van der Waals surface area contributed by atoms with Crippen molar-refractivity contribution in [2.24, 2.45) is 0 Å². The molecule has 0 bridgehead atoms. The molecule has 4 rings (SSSR count). The van der Waals surface area contributed by atoms with Crippen molar-refractivity contribution in [1.29, 1.82) is 0 Å². The van der Waals surface area contributed by atoms with Crippen molar-refractivity contribution in [2.75, 3.05) is 13.1 Å². The third-order valence-electron chi connectivity index (χ3n) is 4.72.